The lowest BCUT2D eigenvalue weighted by Gasteiger charge is -2.24. The Kier molecular flexibility index (Phi) is 4.55. The van der Waals surface area contributed by atoms with Crippen LogP contribution in [0.5, 0.6) is 0 Å². The van der Waals surface area contributed by atoms with E-state index in [4.69, 9.17) is 16.3 Å². The van der Waals surface area contributed by atoms with Gasteiger partial charge in [0, 0.05) is 16.4 Å². The van der Waals surface area contributed by atoms with Crippen LogP contribution in [0.25, 0.3) is 0 Å². The van der Waals surface area contributed by atoms with Crippen molar-refractivity contribution in [2.24, 2.45) is 0 Å². The molecule has 130 valence electrons. The van der Waals surface area contributed by atoms with Crippen LogP contribution in [0.3, 0.4) is 0 Å². The van der Waals surface area contributed by atoms with Crippen LogP contribution in [0, 0.1) is 0 Å². The van der Waals surface area contributed by atoms with E-state index in [2.05, 4.69) is 16.0 Å². The van der Waals surface area contributed by atoms with Gasteiger partial charge in [-0.3, -0.25) is 0 Å². The Bertz CT molecular complexity index is 823. The number of cyclic esters (lactones) is 1. The topological polar surface area (TPSA) is 79.5 Å². The number of alkyl carbamates (subject to hydrolysis) is 1. The zero-order valence-corrected chi connectivity index (χ0v) is 14.6. The Labute approximate surface area is 150 Å². The van der Waals surface area contributed by atoms with E-state index in [9.17, 15) is 9.59 Å². The molecular formula is C18H18ClN3O3. The van der Waals surface area contributed by atoms with E-state index in [1.165, 1.54) is 0 Å². The molecule has 1 aliphatic rings. The van der Waals surface area contributed by atoms with E-state index in [-0.39, 0.29) is 12.1 Å². The van der Waals surface area contributed by atoms with Gasteiger partial charge in [-0.15, -0.1) is 0 Å². The van der Waals surface area contributed by atoms with Gasteiger partial charge in [0.15, 0.2) is 0 Å². The highest BCUT2D eigenvalue weighted by atomic mass is 35.5. The maximum Gasteiger partial charge on any atom is 0.408 e. The number of rotatable bonds is 3. The first-order valence-electron chi connectivity index (χ1n) is 7.76. The molecule has 1 saturated heterocycles. The fourth-order valence-corrected chi connectivity index (χ4v) is 2.95. The van der Waals surface area contributed by atoms with E-state index >= 15 is 0 Å². The molecular weight excluding hydrogens is 342 g/mol. The monoisotopic (exact) mass is 359 g/mol. The maximum atomic E-state index is 12.1. The van der Waals surface area contributed by atoms with Crippen molar-refractivity contribution in [3.8, 4) is 0 Å². The number of amides is 3. The van der Waals surface area contributed by atoms with Crippen LogP contribution in [0.2, 0.25) is 5.02 Å². The van der Waals surface area contributed by atoms with Gasteiger partial charge in [0.05, 0.1) is 6.04 Å². The number of hydrogen-bond donors (Lipinski definition) is 3. The molecule has 0 saturated carbocycles. The van der Waals surface area contributed by atoms with Crippen molar-refractivity contribution >= 4 is 35.1 Å². The molecule has 1 unspecified atom stereocenters. The van der Waals surface area contributed by atoms with Gasteiger partial charge in [-0.05, 0) is 49.7 Å². The van der Waals surface area contributed by atoms with Gasteiger partial charge in [-0.2, -0.15) is 0 Å². The van der Waals surface area contributed by atoms with Gasteiger partial charge in [0.25, 0.3) is 0 Å². The molecule has 0 radical (unpaired) electrons. The average Bonchev–Trinajstić information content (AvgIpc) is 2.80. The minimum Gasteiger partial charge on any atom is -0.441 e. The highest BCUT2D eigenvalue weighted by molar-refractivity contribution is 6.30. The van der Waals surface area contributed by atoms with Crippen LogP contribution in [0.15, 0.2) is 48.5 Å². The van der Waals surface area contributed by atoms with Gasteiger partial charge in [-0.1, -0.05) is 29.8 Å². The molecule has 6 nitrogen and oxygen atoms in total. The van der Waals surface area contributed by atoms with Crippen LogP contribution in [-0.2, 0) is 4.74 Å². The maximum absolute atomic E-state index is 12.1. The first-order chi connectivity index (χ1) is 11.8. The molecule has 1 aliphatic heterocycles. The van der Waals surface area contributed by atoms with Crippen molar-refractivity contribution in [1.29, 1.82) is 0 Å². The fourth-order valence-electron chi connectivity index (χ4n) is 2.76. The molecule has 1 atom stereocenters. The molecule has 0 spiro atoms. The van der Waals surface area contributed by atoms with Crippen molar-refractivity contribution in [1.82, 2.24) is 5.32 Å². The molecule has 3 rings (SSSR count). The second-order valence-corrected chi connectivity index (χ2v) is 6.72. The minimum atomic E-state index is -0.668. The van der Waals surface area contributed by atoms with E-state index in [0.717, 1.165) is 5.56 Å². The molecule has 0 bridgehead atoms. The second kappa shape index (κ2) is 6.64. The largest absolute Gasteiger partial charge is 0.441 e. The van der Waals surface area contributed by atoms with Gasteiger partial charge in [0.1, 0.15) is 5.60 Å². The quantitative estimate of drug-likeness (QED) is 0.752. The summed E-state index contributed by atoms with van der Waals surface area (Å²) in [5.41, 5.74) is 1.38. The lowest BCUT2D eigenvalue weighted by Crippen LogP contribution is -2.30. The lowest BCUT2D eigenvalue weighted by atomic mass is 9.92. The third-order valence-corrected chi connectivity index (χ3v) is 4.11. The van der Waals surface area contributed by atoms with Crippen molar-refractivity contribution in [2.75, 3.05) is 10.6 Å². The molecule has 0 aliphatic carbocycles. The van der Waals surface area contributed by atoms with Gasteiger partial charge in [0.2, 0.25) is 0 Å². The average molecular weight is 360 g/mol. The van der Waals surface area contributed by atoms with E-state index in [0.29, 0.717) is 16.4 Å². The molecule has 1 heterocycles. The number of benzene rings is 2. The number of ether oxygens (including phenoxy) is 1. The summed E-state index contributed by atoms with van der Waals surface area (Å²) in [6, 6.07) is 13.5. The molecule has 2 aromatic rings. The highest BCUT2D eigenvalue weighted by Gasteiger charge is 2.42. The summed E-state index contributed by atoms with van der Waals surface area (Å²) in [7, 11) is 0. The Hall–Kier alpha value is -2.73. The Balaban J connectivity index is 1.71. The summed E-state index contributed by atoms with van der Waals surface area (Å²) in [5.74, 6) is 0. The molecule has 1 fully saturated rings. The first kappa shape index (κ1) is 17.1. The number of carbonyl (C=O) groups excluding carboxylic acids is 2. The van der Waals surface area contributed by atoms with Crippen molar-refractivity contribution in [3.05, 3.63) is 59.1 Å². The third-order valence-electron chi connectivity index (χ3n) is 3.87. The normalized spacial score (nSPS) is 18.2. The molecule has 3 amide bonds. The standard InChI is InChI=1S/C18H18ClN3O3/c1-18(2)15(22-17(24)25-18)11-5-3-7-13(9-11)20-16(23)21-14-8-4-6-12(19)10-14/h3-10,15H,1-2H3,(H,22,24)(H2,20,21,23). The lowest BCUT2D eigenvalue weighted by molar-refractivity contribution is 0.0684. The van der Waals surface area contributed by atoms with Crippen LogP contribution >= 0.6 is 11.6 Å². The number of urea groups is 1. The van der Waals surface area contributed by atoms with Crippen molar-refractivity contribution in [2.45, 2.75) is 25.5 Å². The molecule has 2 aromatic carbocycles. The Morgan fingerprint density at radius 3 is 2.36 bits per heavy atom. The zero-order valence-electron chi connectivity index (χ0n) is 13.8. The Morgan fingerprint density at radius 1 is 1.12 bits per heavy atom. The van der Waals surface area contributed by atoms with Crippen LogP contribution in [-0.4, -0.2) is 17.7 Å². The van der Waals surface area contributed by atoms with Gasteiger partial charge in [-0.25, -0.2) is 9.59 Å². The van der Waals surface area contributed by atoms with Crippen molar-refractivity contribution in [3.63, 3.8) is 0 Å². The van der Waals surface area contributed by atoms with Crippen LogP contribution in [0.1, 0.15) is 25.5 Å². The van der Waals surface area contributed by atoms with E-state index in [1.54, 1.807) is 36.4 Å². The zero-order chi connectivity index (χ0) is 18.0. The fraction of sp³-hybridized carbons (Fsp3) is 0.222. The molecule has 3 N–H and O–H groups in total. The minimum absolute atomic E-state index is 0.294. The van der Waals surface area contributed by atoms with Gasteiger partial charge >= 0.3 is 12.1 Å². The highest BCUT2D eigenvalue weighted by Crippen LogP contribution is 2.34. The number of carbonyl (C=O) groups is 2. The molecule has 0 aromatic heterocycles. The predicted octanol–water partition coefficient (Wildman–Crippen LogP) is 4.54. The summed E-state index contributed by atoms with van der Waals surface area (Å²) >= 11 is 5.90. The predicted molar refractivity (Wildman–Crippen MR) is 97.0 cm³/mol. The molecule has 7 heteroatoms. The summed E-state index contributed by atoms with van der Waals surface area (Å²) in [4.78, 5) is 23.7. The third kappa shape index (κ3) is 4.03. The SMILES string of the molecule is CC1(C)OC(=O)NC1c1cccc(NC(=O)Nc2cccc(Cl)c2)c1. The number of hydrogen-bond acceptors (Lipinski definition) is 3. The van der Waals surface area contributed by atoms with Crippen LogP contribution in [0.4, 0.5) is 21.0 Å². The molecule has 25 heavy (non-hydrogen) atoms. The van der Waals surface area contributed by atoms with Gasteiger partial charge < -0.3 is 20.7 Å². The number of nitrogens with one attached hydrogen (secondary N) is 3. The summed E-state index contributed by atoms with van der Waals surface area (Å²) in [5, 5.41) is 8.80. The summed E-state index contributed by atoms with van der Waals surface area (Å²) in [6.07, 6.45) is -0.452. The van der Waals surface area contributed by atoms with Crippen molar-refractivity contribution < 1.29 is 14.3 Å². The smallest absolute Gasteiger partial charge is 0.408 e. The number of halogens is 1. The number of anilines is 2. The van der Waals surface area contributed by atoms with E-state index < -0.39 is 11.7 Å². The summed E-state index contributed by atoms with van der Waals surface area (Å²) < 4.78 is 5.26. The van der Waals surface area contributed by atoms with E-state index in [1.807, 2.05) is 26.0 Å². The summed E-state index contributed by atoms with van der Waals surface area (Å²) in [6.45, 7) is 3.67. The Morgan fingerprint density at radius 2 is 1.76 bits per heavy atom. The first-order valence-corrected chi connectivity index (χ1v) is 8.14. The second-order valence-electron chi connectivity index (χ2n) is 6.29. The van der Waals surface area contributed by atoms with Crippen LogP contribution < -0.4 is 16.0 Å².